The lowest BCUT2D eigenvalue weighted by atomic mass is 10.3. The minimum Gasteiger partial charge on any atom is -0.355 e. The molecule has 0 saturated heterocycles. The van der Waals surface area contributed by atoms with Crippen LogP contribution in [0.25, 0.3) is 17.3 Å². The van der Waals surface area contributed by atoms with Gasteiger partial charge in [-0.3, -0.25) is 0 Å². The molecule has 0 spiro atoms. The molecular weight excluding hydrogens is 174 g/mol. The van der Waals surface area contributed by atoms with Gasteiger partial charge in [-0.15, -0.1) is 0 Å². The van der Waals surface area contributed by atoms with E-state index in [4.69, 9.17) is 0 Å². The summed E-state index contributed by atoms with van der Waals surface area (Å²) in [4.78, 5) is 3.48. The van der Waals surface area contributed by atoms with E-state index >= 15 is 0 Å². The van der Waals surface area contributed by atoms with E-state index in [-0.39, 0.29) is 0 Å². The third-order valence-corrected chi connectivity index (χ3v) is 6.86. The van der Waals surface area contributed by atoms with E-state index < -0.39 is 8.07 Å². The Balaban J connectivity index is 2.53. The van der Waals surface area contributed by atoms with Crippen LogP contribution in [-0.2, 0) is 0 Å². The van der Waals surface area contributed by atoms with Crippen molar-refractivity contribution in [2.45, 2.75) is 20.0 Å². The molecule has 1 aromatic rings. The van der Waals surface area contributed by atoms with Gasteiger partial charge in [-0.05, 0) is 28.9 Å². The molecule has 66 valence electrons. The highest BCUT2D eigenvalue weighted by molar-refractivity contribution is 7.10. The third-order valence-electron chi connectivity index (χ3n) is 3.33. The summed E-state index contributed by atoms with van der Waals surface area (Å²) in [7, 11) is -1.19. The van der Waals surface area contributed by atoms with Gasteiger partial charge in [0.05, 0.1) is 0 Å². The van der Waals surface area contributed by atoms with Crippen molar-refractivity contribution in [3.63, 3.8) is 0 Å². The highest BCUT2D eigenvalue weighted by Crippen LogP contribution is 2.33. The van der Waals surface area contributed by atoms with Crippen LogP contribution in [-0.4, -0.2) is 13.1 Å². The van der Waals surface area contributed by atoms with Crippen molar-refractivity contribution >= 4 is 30.6 Å². The number of aromatic amines is 1. The van der Waals surface area contributed by atoms with Crippen molar-refractivity contribution in [3.05, 3.63) is 22.3 Å². The number of rotatable bonds is 0. The van der Waals surface area contributed by atoms with Gasteiger partial charge in [0.15, 0.2) is 0 Å². The number of nitrogens with one attached hydrogen (secondary N) is 1. The molecule has 0 fully saturated rings. The van der Waals surface area contributed by atoms with Crippen molar-refractivity contribution in [1.82, 2.24) is 4.98 Å². The molecule has 2 aliphatic rings. The van der Waals surface area contributed by atoms with E-state index in [1.807, 2.05) is 0 Å². The maximum Gasteiger partial charge on any atom is 0.116 e. The van der Waals surface area contributed by atoms with Gasteiger partial charge in [0.1, 0.15) is 8.07 Å². The van der Waals surface area contributed by atoms with Crippen LogP contribution < -0.4 is 15.9 Å². The fourth-order valence-corrected chi connectivity index (χ4v) is 5.89. The summed E-state index contributed by atoms with van der Waals surface area (Å²) in [6.07, 6.45) is 6.73. The van der Waals surface area contributed by atoms with E-state index in [9.17, 15) is 0 Å². The summed E-state index contributed by atoms with van der Waals surface area (Å²) in [6, 6.07) is 0. The van der Waals surface area contributed by atoms with Crippen LogP contribution in [0, 0.1) is 0 Å². The molecule has 1 nitrogen and oxygen atoms in total. The number of hydrogen-bond donors (Lipinski definition) is 1. The van der Waals surface area contributed by atoms with Gasteiger partial charge in [-0.1, -0.05) is 25.2 Å². The lowest BCUT2D eigenvalue weighted by Gasteiger charge is -2.35. The number of allylic oxidation sites excluding steroid dienone is 1. The largest absolute Gasteiger partial charge is 0.355 e. The Labute approximate surface area is 78.5 Å². The summed E-state index contributed by atoms with van der Waals surface area (Å²) >= 11 is 0. The Hall–Kier alpha value is -1.02. The Bertz CT molecular complexity index is 543. The number of hydrogen-bond acceptors (Lipinski definition) is 0. The van der Waals surface area contributed by atoms with Crippen molar-refractivity contribution in [2.75, 3.05) is 0 Å². The van der Waals surface area contributed by atoms with Crippen LogP contribution in [0.5, 0.6) is 0 Å². The molecule has 0 amide bonds. The molecule has 2 heterocycles. The van der Waals surface area contributed by atoms with Gasteiger partial charge in [0, 0.05) is 10.7 Å². The predicted molar refractivity (Wildman–Crippen MR) is 59.7 cm³/mol. The number of H-pyrrole nitrogens is 1. The molecule has 13 heavy (non-hydrogen) atoms. The first-order valence-electron chi connectivity index (χ1n) is 4.78. The molecule has 1 aromatic heterocycles. The predicted octanol–water partition coefficient (Wildman–Crippen LogP) is 0.461. The summed E-state index contributed by atoms with van der Waals surface area (Å²) in [5.74, 6) is 0. The van der Waals surface area contributed by atoms with Crippen molar-refractivity contribution in [3.8, 4) is 0 Å². The number of aromatic nitrogens is 1. The van der Waals surface area contributed by atoms with Crippen molar-refractivity contribution in [1.29, 1.82) is 0 Å². The summed E-state index contributed by atoms with van der Waals surface area (Å²) in [5.41, 5.74) is 1.53. The quantitative estimate of drug-likeness (QED) is 0.568. The average molecular weight is 187 g/mol. The van der Waals surface area contributed by atoms with Gasteiger partial charge < -0.3 is 4.98 Å². The molecule has 1 N–H and O–H groups in total. The standard InChI is InChI=1S/C11H13NSi/c1-4-7-11-10-8(12-7)5-6-9(10)13(11,2)3/h4-6,12H,1-3H3. The van der Waals surface area contributed by atoms with E-state index in [2.05, 4.69) is 43.2 Å². The van der Waals surface area contributed by atoms with Gasteiger partial charge >= 0.3 is 0 Å². The minimum atomic E-state index is -1.19. The lowest BCUT2D eigenvalue weighted by molar-refractivity contribution is 1.27. The maximum atomic E-state index is 3.48. The fourth-order valence-electron chi connectivity index (χ4n) is 2.65. The fraction of sp³-hybridized carbons (Fsp3) is 0.273. The summed E-state index contributed by atoms with van der Waals surface area (Å²) in [5, 5.41) is 5.99. The van der Waals surface area contributed by atoms with Gasteiger partial charge in [0.2, 0.25) is 0 Å². The zero-order chi connectivity index (χ0) is 9.22. The van der Waals surface area contributed by atoms with E-state index in [1.165, 1.54) is 16.3 Å². The molecule has 3 rings (SSSR count). The Morgan fingerprint density at radius 1 is 1.31 bits per heavy atom. The molecule has 0 atom stereocenters. The average Bonchev–Trinajstić information content (AvgIpc) is 2.54. The van der Waals surface area contributed by atoms with Crippen molar-refractivity contribution in [2.24, 2.45) is 0 Å². The van der Waals surface area contributed by atoms with Crippen LogP contribution in [0.1, 0.15) is 12.5 Å². The molecule has 2 heteroatoms. The lowest BCUT2D eigenvalue weighted by Crippen LogP contribution is -2.59. The molecule has 0 unspecified atom stereocenters. The molecule has 0 radical (unpaired) electrons. The van der Waals surface area contributed by atoms with Crippen molar-refractivity contribution < 1.29 is 0 Å². The first-order valence-corrected chi connectivity index (χ1v) is 7.78. The van der Waals surface area contributed by atoms with E-state index in [0.717, 1.165) is 0 Å². The third kappa shape index (κ3) is 0.613. The van der Waals surface area contributed by atoms with E-state index in [1.54, 1.807) is 10.4 Å². The maximum absolute atomic E-state index is 3.48. The smallest absolute Gasteiger partial charge is 0.116 e. The zero-order valence-corrected chi connectivity index (χ0v) is 9.23. The SMILES string of the molecule is CC=c1[nH]c2c3c1[Si](C)(C)C3=CC=2. The molecule has 0 aromatic carbocycles. The van der Waals surface area contributed by atoms with E-state index in [0.29, 0.717) is 0 Å². The van der Waals surface area contributed by atoms with Crippen LogP contribution in [0.15, 0.2) is 6.08 Å². The second kappa shape index (κ2) is 1.90. The van der Waals surface area contributed by atoms with Gasteiger partial charge in [-0.2, -0.15) is 0 Å². The van der Waals surface area contributed by atoms with Crippen LogP contribution >= 0.6 is 0 Å². The second-order valence-corrected chi connectivity index (χ2v) is 8.65. The van der Waals surface area contributed by atoms with Crippen LogP contribution in [0.2, 0.25) is 13.1 Å². The first-order chi connectivity index (χ1) is 6.16. The Kier molecular flexibility index (Phi) is 1.08. The Morgan fingerprint density at radius 2 is 2.08 bits per heavy atom. The monoisotopic (exact) mass is 187 g/mol. The summed E-state index contributed by atoms with van der Waals surface area (Å²) < 4.78 is 0. The summed E-state index contributed by atoms with van der Waals surface area (Å²) in [6.45, 7) is 6.99. The topological polar surface area (TPSA) is 15.8 Å². The first kappa shape index (κ1) is 7.39. The van der Waals surface area contributed by atoms with Crippen LogP contribution in [0.3, 0.4) is 0 Å². The Morgan fingerprint density at radius 3 is 2.77 bits per heavy atom. The molecular formula is C11H13NSi. The second-order valence-electron chi connectivity index (χ2n) is 4.36. The molecule has 0 saturated carbocycles. The van der Waals surface area contributed by atoms with Gasteiger partial charge in [0.25, 0.3) is 0 Å². The molecule has 0 bridgehead atoms. The highest BCUT2D eigenvalue weighted by atomic mass is 28.3. The van der Waals surface area contributed by atoms with Gasteiger partial charge in [-0.25, -0.2) is 0 Å². The zero-order valence-electron chi connectivity index (χ0n) is 8.23. The highest BCUT2D eigenvalue weighted by Gasteiger charge is 2.45. The minimum absolute atomic E-state index is 1.19. The molecule has 1 aliphatic carbocycles. The molecule has 1 aliphatic heterocycles. The van der Waals surface area contributed by atoms with Crippen LogP contribution in [0.4, 0.5) is 0 Å². The normalized spacial score (nSPS) is 22.1.